The molecule has 0 aliphatic heterocycles. The molecule has 0 radical (unpaired) electrons. The zero-order chi connectivity index (χ0) is 9.23. The van der Waals surface area contributed by atoms with Crippen LogP contribution in [0.15, 0.2) is 12.2 Å². The van der Waals surface area contributed by atoms with Gasteiger partial charge in [0.25, 0.3) is 0 Å². The normalized spacial score (nSPS) is 13.9. The molecular weight excluding hydrogens is 144 g/mol. The van der Waals surface area contributed by atoms with Crippen LogP contribution in [-0.2, 0) is 0 Å². The van der Waals surface area contributed by atoms with Crippen LogP contribution in [0.5, 0.6) is 0 Å². The summed E-state index contributed by atoms with van der Waals surface area (Å²) in [6.07, 6.45) is 12.6. The first-order valence-corrected chi connectivity index (χ1v) is 5.46. The van der Waals surface area contributed by atoms with E-state index in [9.17, 15) is 0 Å². The molecule has 0 aromatic heterocycles. The third-order valence-corrected chi connectivity index (χ3v) is 2.38. The van der Waals surface area contributed by atoms with Crippen LogP contribution >= 0.6 is 0 Å². The molecule has 0 heteroatoms. The molecular formula is C12H24. The minimum Gasteiger partial charge on any atom is -0.0885 e. The highest BCUT2D eigenvalue weighted by atomic mass is 14.0. The zero-order valence-electron chi connectivity index (χ0n) is 8.97. The molecule has 0 aliphatic carbocycles. The molecule has 72 valence electrons. The van der Waals surface area contributed by atoms with Gasteiger partial charge in [-0.3, -0.25) is 0 Å². The number of rotatable bonds is 7. The van der Waals surface area contributed by atoms with E-state index in [1.54, 1.807) is 0 Å². The van der Waals surface area contributed by atoms with Crippen molar-refractivity contribution >= 4 is 0 Å². The Balaban J connectivity index is 3.13. The van der Waals surface area contributed by atoms with Gasteiger partial charge in [0.05, 0.1) is 0 Å². The Bertz CT molecular complexity index is 103. The van der Waals surface area contributed by atoms with E-state index in [1.807, 2.05) is 0 Å². The van der Waals surface area contributed by atoms with Gasteiger partial charge in [-0.05, 0) is 25.2 Å². The Kier molecular flexibility index (Phi) is 8.64. The van der Waals surface area contributed by atoms with Gasteiger partial charge in [0.15, 0.2) is 0 Å². The second-order valence-electron chi connectivity index (χ2n) is 3.72. The molecule has 0 spiro atoms. The topological polar surface area (TPSA) is 0 Å². The summed E-state index contributed by atoms with van der Waals surface area (Å²) < 4.78 is 0. The lowest BCUT2D eigenvalue weighted by Crippen LogP contribution is -1.87. The number of unbranched alkanes of at least 4 members (excludes halogenated alkanes) is 3. The lowest BCUT2D eigenvalue weighted by molar-refractivity contribution is 0.570. The highest BCUT2D eigenvalue weighted by Crippen LogP contribution is 2.08. The Labute approximate surface area is 78.1 Å². The first-order chi connectivity index (χ1) is 5.81. The summed E-state index contributed by atoms with van der Waals surface area (Å²) in [4.78, 5) is 0. The molecule has 1 unspecified atom stereocenters. The van der Waals surface area contributed by atoms with E-state index in [0.717, 1.165) is 5.92 Å². The van der Waals surface area contributed by atoms with Crippen molar-refractivity contribution in [2.24, 2.45) is 5.92 Å². The number of hydrogen-bond donors (Lipinski definition) is 0. The van der Waals surface area contributed by atoms with E-state index in [-0.39, 0.29) is 0 Å². The van der Waals surface area contributed by atoms with Crippen LogP contribution in [0.1, 0.15) is 59.3 Å². The molecule has 0 saturated heterocycles. The predicted molar refractivity (Wildman–Crippen MR) is 57.4 cm³/mol. The molecule has 0 aromatic rings. The van der Waals surface area contributed by atoms with E-state index < -0.39 is 0 Å². The highest BCUT2D eigenvalue weighted by molar-refractivity contribution is 4.82. The molecule has 0 rings (SSSR count). The lowest BCUT2D eigenvalue weighted by Gasteiger charge is -2.01. The van der Waals surface area contributed by atoms with Crippen LogP contribution in [-0.4, -0.2) is 0 Å². The summed E-state index contributed by atoms with van der Waals surface area (Å²) >= 11 is 0. The van der Waals surface area contributed by atoms with Gasteiger partial charge in [0, 0.05) is 0 Å². The van der Waals surface area contributed by atoms with Gasteiger partial charge in [0.2, 0.25) is 0 Å². The van der Waals surface area contributed by atoms with E-state index >= 15 is 0 Å². The minimum atomic E-state index is 0.868. The standard InChI is InChI=1S/C12H24/c1-4-6-7-8-9-10-11-12(3)5-2/h9-10,12H,4-8,11H2,1-3H3. The molecule has 0 nitrogen and oxygen atoms in total. The predicted octanol–water partition coefficient (Wildman–Crippen LogP) is 4.56. The average Bonchev–Trinajstić information content (AvgIpc) is 2.10. The fourth-order valence-electron chi connectivity index (χ4n) is 1.13. The first kappa shape index (κ1) is 11.7. The fourth-order valence-corrected chi connectivity index (χ4v) is 1.13. The van der Waals surface area contributed by atoms with Gasteiger partial charge in [-0.15, -0.1) is 0 Å². The third-order valence-electron chi connectivity index (χ3n) is 2.38. The molecule has 0 bridgehead atoms. The van der Waals surface area contributed by atoms with Crippen molar-refractivity contribution in [2.75, 3.05) is 0 Å². The second-order valence-corrected chi connectivity index (χ2v) is 3.72. The summed E-state index contributed by atoms with van der Waals surface area (Å²) in [7, 11) is 0. The molecule has 0 fully saturated rings. The largest absolute Gasteiger partial charge is 0.0885 e. The number of allylic oxidation sites excluding steroid dienone is 2. The molecule has 0 heterocycles. The van der Waals surface area contributed by atoms with Crippen molar-refractivity contribution in [3.63, 3.8) is 0 Å². The van der Waals surface area contributed by atoms with Gasteiger partial charge in [-0.25, -0.2) is 0 Å². The van der Waals surface area contributed by atoms with Crippen molar-refractivity contribution in [1.29, 1.82) is 0 Å². The maximum atomic E-state index is 2.35. The smallest absolute Gasteiger partial charge is 0.0325 e. The molecule has 0 aliphatic rings. The summed E-state index contributed by atoms with van der Waals surface area (Å²) in [5.74, 6) is 0.868. The van der Waals surface area contributed by atoms with Crippen molar-refractivity contribution in [1.82, 2.24) is 0 Å². The van der Waals surface area contributed by atoms with Gasteiger partial charge in [-0.2, -0.15) is 0 Å². The van der Waals surface area contributed by atoms with Gasteiger partial charge < -0.3 is 0 Å². The minimum absolute atomic E-state index is 0.868. The molecule has 0 saturated carbocycles. The van der Waals surface area contributed by atoms with Crippen LogP contribution in [0.3, 0.4) is 0 Å². The summed E-state index contributed by atoms with van der Waals surface area (Å²) in [5, 5.41) is 0. The Morgan fingerprint density at radius 1 is 1.08 bits per heavy atom. The highest BCUT2D eigenvalue weighted by Gasteiger charge is 1.92. The molecule has 12 heavy (non-hydrogen) atoms. The van der Waals surface area contributed by atoms with Crippen molar-refractivity contribution in [2.45, 2.75) is 59.3 Å². The van der Waals surface area contributed by atoms with Crippen molar-refractivity contribution in [3.05, 3.63) is 12.2 Å². The van der Waals surface area contributed by atoms with E-state index in [2.05, 4.69) is 32.9 Å². The molecule has 0 aromatic carbocycles. The first-order valence-electron chi connectivity index (χ1n) is 5.46. The summed E-state index contributed by atoms with van der Waals surface area (Å²) in [6, 6.07) is 0. The maximum absolute atomic E-state index is 2.35. The van der Waals surface area contributed by atoms with E-state index in [0.29, 0.717) is 0 Å². The monoisotopic (exact) mass is 168 g/mol. The maximum Gasteiger partial charge on any atom is -0.0325 e. The Hall–Kier alpha value is -0.260. The van der Waals surface area contributed by atoms with E-state index in [4.69, 9.17) is 0 Å². The third kappa shape index (κ3) is 7.84. The van der Waals surface area contributed by atoms with E-state index in [1.165, 1.54) is 38.5 Å². The Morgan fingerprint density at radius 3 is 2.42 bits per heavy atom. The SMILES string of the molecule is CCCCCC=CCC(C)CC. The summed E-state index contributed by atoms with van der Waals surface area (Å²) in [5.41, 5.74) is 0. The van der Waals surface area contributed by atoms with Crippen LogP contribution in [0.2, 0.25) is 0 Å². The quantitative estimate of drug-likeness (QED) is 0.386. The zero-order valence-corrected chi connectivity index (χ0v) is 8.97. The Morgan fingerprint density at radius 2 is 1.83 bits per heavy atom. The molecule has 0 amide bonds. The van der Waals surface area contributed by atoms with Crippen molar-refractivity contribution in [3.8, 4) is 0 Å². The van der Waals surface area contributed by atoms with Crippen LogP contribution in [0, 0.1) is 5.92 Å². The molecule has 1 atom stereocenters. The summed E-state index contributed by atoms with van der Waals surface area (Å²) in [6.45, 7) is 6.83. The van der Waals surface area contributed by atoms with Gasteiger partial charge in [-0.1, -0.05) is 52.2 Å². The number of hydrogen-bond acceptors (Lipinski definition) is 0. The van der Waals surface area contributed by atoms with Gasteiger partial charge in [0.1, 0.15) is 0 Å². The van der Waals surface area contributed by atoms with Crippen LogP contribution in [0.4, 0.5) is 0 Å². The second kappa shape index (κ2) is 8.83. The molecule has 0 N–H and O–H groups in total. The van der Waals surface area contributed by atoms with Crippen molar-refractivity contribution < 1.29 is 0 Å². The van der Waals surface area contributed by atoms with Crippen LogP contribution < -0.4 is 0 Å². The van der Waals surface area contributed by atoms with Crippen LogP contribution in [0.25, 0.3) is 0 Å². The van der Waals surface area contributed by atoms with Gasteiger partial charge >= 0.3 is 0 Å². The average molecular weight is 168 g/mol. The fraction of sp³-hybridized carbons (Fsp3) is 0.833. The lowest BCUT2D eigenvalue weighted by atomic mass is 10.0.